The zero-order chi connectivity index (χ0) is 11.3. The van der Waals surface area contributed by atoms with Crippen molar-refractivity contribution in [2.45, 2.75) is 0 Å². The first-order valence-electron chi connectivity index (χ1n) is 4.43. The van der Waals surface area contributed by atoms with Gasteiger partial charge in [-0.2, -0.15) is 0 Å². The molecule has 0 fully saturated rings. The smallest absolute Gasteiger partial charge is 0.480 e. The van der Waals surface area contributed by atoms with Crippen molar-refractivity contribution in [2.75, 3.05) is 14.2 Å². The van der Waals surface area contributed by atoms with Gasteiger partial charge in [-0.3, -0.25) is 0 Å². The predicted octanol–water partition coefficient (Wildman–Crippen LogP) is 0.729. The van der Waals surface area contributed by atoms with Gasteiger partial charge in [0.1, 0.15) is 11.5 Å². The number of benzene rings is 1. The van der Waals surface area contributed by atoms with Gasteiger partial charge in [0, 0.05) is 11.6 Å². The zero-order valence-electron chi connectivity index (χ0n) is 8.68. The van der Waals surface area contributed by atoms with E-state index in [2.05, 4.69) is 0 Å². The van der Waals surface area contributed by atoms with E-state index in [0.717, 1.165) is 5.56 Å². The average molecular weight is 208 g/mol. The highest BCUT2D eigenvalue weighted by Gasteiger charge is 2.04. The first kappa shape index (κ1) is 11.6. The third kappa shape index (κ3) is 3.30. The van der Waals surface area contributed by atoms with E-state index in [1.54, 1.807) is 38.5 Å². The molecule has 15 heavy (non-hydrogen) atoms. The van der Waals surface area contributed by atoms with Crippen LogP contribution < -0.4 is 9.47 Å². The van der Waals surface area contributed by atoms with Crippen molar-refractivity contribution >= 4 is 13.2 Å². The van der Waals surface area contributed by atoms with Crippen molar-refractivity contribution in [1.29, 1.82) is 0 Å². The van der Waals surface area contributed by atoms with E-state index < -0.39 is 7.12 Å². The summed E-state index contributed by atoms with van der Waals surface area (Å²) in [7, 11) is 1.65. The van der Waals surface area contributed by atoms with E-state index in [-0.39, 0.29) is 0 Å². The standard InChI is InChI=1S/C10H13BO4/c1-14-9-4-3-8(5-6-11(12)13)10(7-9)15-2/h3-7,12-13H,1-2H3/b6-5+. The van der Waals surface area contributed by atoms with Crippen molar-refractivity contribution in [2.24, 2.45) is 0 Å². The van der Waals surface area contributed by atoms with Crippen molar-refractivity contribution in [3.63, 3.8) is 0 Å². The summed E-state index contributed by atoms with van der Waals surface area (Å²) in [4.78, 5) is 0. The van der Waals surface area contributed by atoms with Gasteiger partial charge in [0.2, 0.25) is 0 Å². The van der Waals surface area contributed by atoms with Crippen LogP contribution in [0.25, 0.3) is 6.08 Å². The molecular weight excluding hydrogens is 195 g/mol. The zero-order valence-corrected chi connectivity index (χ0v) is 8.68. The van der Waals surface area contributed by atoms with Gasteiger partial charge in [-0.15, -0.1) is 0 Å². The highest BCUT2D eigenvalue weighted by atomic mass is 16.5. The molecule has 1 rings (SSSR count). The summed E-state index contributed by atoms with van der Waals surface area (Å²) in [6.07, 6.45) is 1.57. The quantitative estimate of drug-likeness (QED) is 0.716. The number of methoxy groups -OCH3 is 2. The molecule has 0 amide bonds. The van der Waals surface area contributed by atoms with E-state index in [4.69, 9.17) is 19.5 Å². The summed E-state index contributed by atoms with van der Waals surface area (Å²) in [5.41, 5.74) is 0.756. The maximum Gasteiger partial charge on any atom is 0.480 e. The lowest BCUT2D eigenvalue weighted by atomic mass is 9.90. The Labute approximate surface area is 88.9 Å². The molecule has 0 aliphatic heterocycles. The molecule has 5 heteroatoms. The Hall–Kier alpha value is -1.46. The minimum atomic E-state index is -1.46. The Balaban J connectivity index is 2.97. The molecule has 0 aliphatic carbocycles. The SMILES string of the molecule is COc1ccc(/C=C/B(O)O)c(OC)c1. The van der Waals surface area contributed by atoms with Crippen LogP contribution in [0.15, 0.2) is 24.2 Å². The summed E-state index contributed by atoms with van der Waals surface area (Å²) in [5, 5.41) is 17.4. The molecule has 0 spiro atoms. The van der Waals surface area contributed by atoms with Gasteiger partial charge in [-0.1, -0.05) is 12.1 Å². The number of rotatable bonds is 4. The van der Waals surface area contributed by atoms with E-state index in [0.29, 0.717) is 11.5 Å². The fourth-order valence-corrected chi connectivity index (χ4v) is 1.15. The lowest BCUT2D eigenvalue weighted by molar-refractivity contribution is 0.393. The molecule has 80 valence electrons. The Morgan fingerprint density at radius 3 is 2.47 bits per heavy atom. The molecule has 1 aromatic rings. The summed E-state index contributed by atoms with van der Waals surface area (Å²) < 4.78 is 10.2. The second-order valence-corrected chi connectivity index (χ2v) is 2.88. The molecule has 2 N–H and O–H groups in total. The molecule has 0 saturated heterocycles. The normalized spacial score (nSPS) is 10.4. The minimum absolute atomic E-state index is 0.617. The van der Waals surface area contributed by atoms with Crippen LogP contribution in [0.4, 0.5) is 0 Å². The fraction of sp³-hybridized carbons (Fsp3) is 0.200. The molecule has 0 radical (unpaired) electrons. The van der Waals surface area contributed by atoms with E-state index in [9.17, 15) is 0 Å². The number of ether oxygens (including phenoxy) is 2. The molecule has 0 atom stereocenters. The van der Waals surface area contributed by atoms with E-state index in [1.165, 1.54) is 5.98 Å². The van der Waals surface area contributed by atoms with Crippen LogP contribution in [0, 0.1) is 0 Å². The van der Waals surface area contributed by atoms with Crippen LogP contribution in [0.1, 0.15) is 5.56 Å². The van der Waals surface area contributed by atoms with Crippen LogP contribution >= 0.6 is 0 Å². The minimum Gasteiger partial charge on any atom is -0.497 e. The first-order chi connectivity index (χ1) is 7.17. The van der Waals surface area contributed by atoms with Crippen molar-refractivity contribution in [3.05, 3.63) is 29.7 Å². The molecular formula is C10H13BO4. The summed E-state index contributed by atoms with van der Waals surface area (Å²) in [6, 6.07) is 5.27. The molecule has 0 heterocycles. The Morgan fingerprint density at radius 1 is 1.20 bits per heavy atom. The molecule has 0 unspecified atom stereocenters. The monoisotopic (exact) mass is 208 g/mol. The lowest BCUT2D eigenvalue weighted by Gasteiger charge is -2.07. The van der Waals surface area contributed by atoms with E-state index in [1.807, 2.05) is 0 Å². The Bertz CT molecular complexity index is 349. The van der Waals surface area contributed by atoms with Crippen LogP contribution in [-0.4, -0.2) is 31.4 Å². The van der Waals surface area contributed by atoms with Gasteiger partial charge in [-0.25, -0.2) is 0 Å². The van der Waals surface area contributed by atoms with Crippen molar-refractivity contribution < 1.29 is 19.5 Å². The second-order valence-electron chi connectivity index (χ2n) is 2.88. The number of hydrogen-bond acceptors (Lipinski definition) is 4. The average Bonchev–Trinajstić information content (AvgIpc) is 2.25. The van der Waals surface area contributed by atoms with E-state index >= 15 is 0 Å². The van der Waals surface area contributed by atoms with Crippen molar-refractivity contribution in [1.82, 2.24) is 0 Å². The third-order valence-electron chi connectivity index (χ3n) is 1.89. The largest absolute Gasteiger partial charge is 0.497 e. The topological polar surface area (TPSA) is 58.9 Å². The maximum atomic E-state index is 8.68. The van der Waals surface area contributed by atoms with Crippen LogP contribution in [-0.2, 0) is 0 Å². The summed E-state index contributed by atoms with van der Waals surface area (Å²) in [5.74, 6) is 2.56. The van der Waals surface area contributed by atoms with Crippen LogP contribution in [0.2, 0.25) is 0 Å². The highest BCUT2D eigenvalue weighted by molar-refractivity contribution is 6.48. The van der Waals surface area contributed by atoms with Gasteiger partial charge < -0.3 is 19.5 Å². The van der Waals surface area contributed by atoms with Gasteiger partial charge in [0.05, 0.1) is 14.2 Å². The summed E-state index contributed by atoms with van der Waals surface area (Å²) in [6.45, 7) is 0. The Morgan fingerprint density at radius 2 is 1.93 bits per heavy atom. The molecule has 0 aromatic heterocycles. The third-order valence-corrected chi connectivity index (χ3v) is 1.89. The highest BCUT2D eigenvalue weighted by Crippen LogP contribution is 2.25. The lowest BCUT2D eigenvalue weighted by Crippen LogP contribution is -2.05. The Kier molecular flexibility index (Phi) is 4.21. The molecule has 4 nitrogen and oxygen atoms in total. The molecule has 1 aromatic carbocycles. The first-order valence-corrected chi connectivity index (χ1v) is 4.43. The molecule has 0 bridgehead atoms. The van der Waals surface area contributed by atoms with Crippen LogP contribution in [0.5, 0.6) is 11.5 Å². The van der Waals surface area contributed by atoms with Gasteiger partial charge in [-0.05, 0) is 12.1 Å². The molecule has 0 saturated carbocycles. The number of hydrogen-bond donors (Lipinski definition) is 2. The fourth-order valence-electron chi connectivity index (χ4n) is 1.15. The van der Waals surface area contributed by atoms with Gasteiger partial charge >= 0.3 is 7.12 Å². The predicted molar refractivity (Wildman–Crippen MR) is 58.8 cm³/mol. The maximum absolute atomic E-state index is 8.68. The molecule has 0 aliphatic rings. The van der Waals surface area contributed by atoms with Gasteiger partial charge in [0.15, 0.2) is 0 Å². The second kappa shape index (κ2) is 5.43. The summed E-state index contributed by atoms with van der Waals surface area (Å²) >= 11 is 0. The van der Waals surface area contributed by atoms with Crippen molar-refractivity contribution in [3.8, 4) is 11.5 Å². The van der Waals surface area contributed by atoms with Gasteiger partial charge in [0.25, 0.3) is 0 Å². The van der Waals surface area contributed by atoms with Crippen LogP contribution in [0.3, 0.4) is 0 Å².